The first-order valence-electron chi connectivity index (χ1n) is 11.1. The van der Waals surface area contributed by atoms with Crippen molar-refractivity contribution in [3.63, 3.8) is 0 Å². The Hall–Kier alpha value is -2.96. The van der Waals surface area contributed by atoms with Crippen LogP contribution in [0.15, 0.2) is 36.9 Å². The summed E-state index contributed by atoms with van der Waals surface area (Å²) >= 11 is 0. The molecule has 1 saturated heterocycles. The van der Waals surface area contributed by atoms with Crippen LogP contribution in [0.1, 0.15) is 24.4 Å². The van der Waals surface area contributed by atoms with Gasteiger partial charge in [-0.1, -0.05) is 0 Å². The fourth-order valence-electron chi connectivity index (χ4n) is 4.92. The van der Waals surface area contributed by atoms with Crippen LogP contribution in [0, 0.1) is 5.92 Å². The fraction of sp³-hybridized carbons (Fsp3) is 0.500. The Kier molecular flexibility index (Phi) is 5.82. The average Bonchev–Trinajstić information content (AvgIpc) is 3.52. The van der Waals surface area contributed by atoms with Crippen molar-refractivity contribution in [2.45, 2.75) is 43.3 Å². The maximum atomic E-state index is 12.8. The van der Waals surface area contributed by atoms with Gasteiger partial charge < -0.3 is 30.1 Å². The molecule has 0 amide bonds. The molecule has 1 saturated carbocycles. The minimum absolute atomic E-state index is 0.00297. The highest BCUT2D eigenvalue weighted by atomic mass is 19.4. The van der Waals surface area contributed by atoms with Crippen molar-refractivity contribution in [3.05, 3.63) is 42.5 Å². The molecule has 0 spiro atoms. The molecule has 2 aliphatic rings. The first-order chi connectivity index (χ1) is 16.3. The van der Waals surface area contributed by atoms with Crippen LogP contribution in [-0.4, -0.2) is 72.8 Å². The second kappa shape index (κ2) is 8.67. The monoisotopic (exact) mass is 478 g/mol. The summed E-state index contributed by atoms with van der Waals surface area (Å²) < 4.78 is 40.2. The van der Waals surface area contributed by atoms with Crippen molar-refractivity contribution >= 4 is 22.7 Å². The van der Waals surface area contributed by atoms with Crippen molar-refractivity contribution in [3.8, 4) is 0 Å². The van der Waals surface area contributed by atoms with Crippen LogP contribution in [0.25, 0.3) is 11.2 Å². The Labute approximate surface area is 192 Å². The standard InChI is InChI=1S/C22H25F3N6O3/c23-22(24,25)13-1-3-15(4-2-13)30-6-5-14(8-30)29-20-17-21(27-10-26-20)31(11-28-17)16-7-12(9-32)18(33)19(16)34/h1-4,10-12,14,16,18-19,32-34H,5-9H2,(H,26,27,29)/t12-,14+,16-,18-,19+/m1/s1. The van der Waals surface area contributed by atoms with Crippen LogP contribution in [0.3, 0.4) is 0 Å². The van der Waals surface area contributed by atoms with Gasteiger partial charge in [0.1, 0.15) is 17.9 Å². The topological polar surface area (TPSA) is 120 Å². The highest BCUT2D eigenvalue weighted by molar-refractivity contribution is 5.83. The van der Waals surface area contributed by atoms with Gasteiger partial charge in [-0.15, -0.1) is 0 Å². The summed E-state index contributed by atoms with van der Waals surface area (Å²) in [5.41, 5.74) is 1.07. The van der Waals surface area contributed by atoms with Gasteiger partial charge in [-0.3, -0.25) is 0 Å². The zero-order valence-electron chi connectivity index (χ0n) is 18.1. The molecule has 12 heteroatoms. The number of hydrogen-bond donors (Lipinski definition) is 4. The van der Waals surface area contributed by atoms with Crippen molar-refractivity contribution < 1.29 is 28.5 Å². The molecule has 4 N–H and O–H groups in total. The summed E-state index contributed by atoms with van der Waals surface area (Å²) in [4.78, 5) is 15.1. The molecule has 5 atom stereocenters. The van der Waals surface area contributed by atoms with E-state index in [4.69, 9.17) is 0 Å². The molecule has 0 unspecified atom stereocenters. The van der Waals surface area contributed by atoms with Crippen LogP contribution in [0.5, 0.6) is 0 Å². The molecule has 2 aromatic heterocycles. The summed E-state index contributed by atoms with van der Waals surface area (Å²) in [6.07, 6.45) is -2.34. The van der Waals surface area contributed by atoms with E-state index in [0.29, 0.717) is 36.5 Å². The smallest absolute Gasteiger partial charge is 0.396 e. The number of fused-ring (bicyclic) bond motifs is 1. The Morgan fingerprint density at radius 1 is 1.06 bits per heavy atom. The van der Waals surface area contributed by atoms with Gasteiger partial charge in [-0.25, -0.2) is 15.0 Å². The lowest BCUT2D eigenvalue weighted by Gasteiger charge is -2.20. The number of aromatic nitrogens is 4. The van der Waals surface area contributed by atoms with E-state index in [2.05, 4.69) is 20.3 Å². The number of imidazole rings is 1. The molecule has 182 valence electrons. The minimum atomic E-state index is -4.36. The van der Waals surface area contributed by atoms with Crippen molar-refractivity contribution in [2.24, 2.45) is 5.92 Å². The van der Waals surface area contributed by atoms with Gasteiger partial charge in [0.25, 0.3) is 0 Å². The van der Waals surface area contributed by atoms with Gasteiger partial charge in [-0.2, -0.15) is 13.2 Å². The minimum Gasteiger partial charge on any atom is -0.396 e. The molecular weight excluding hydrogens is 453 g/mol. The van der Waals surface area contributed by atoms with Crippen molar-refractivity contribution in [1.29, 1.82) is 0 Å². The van der Waals surface area contributed by atoms with Gasteiger partial charge in [0.15, 0.2) is 11.5 Å². The third-order valence-electron chi connectivity index (χ3n) is 6.81. The average molecular weight is 478 g/mol. The van der Waals surface area contributed by atoms with Gasteiger partial charge in [0, 0.05) is 37.3 Å². The van der Waals surface area contributed by atoms with Crippen molar-refractivity contribution in [1.82, 2.24) is 19.5 Å². The van der Waals surface area contributed by atoms with E-state index in [1.165, 1.54) is 18.5 Å². The lowest BCUT2D eigenvalue weighted by atomic mass is 10.1. The molecule has 9 nitrogen and oxygen atoms in total. The number of nitrogens with zero attached hydrogens (tertiary/aromatic N) is 5. The normalized spacial score (nSPS) is 27.6. The molecule has 0 radical (unpaired) electrons. The number of anilines is 2. The van der Waals surface area contributed by atoms with E-state index in [1.807, 2.05) is 4.90 Å². The zero-order chi connectivity index (χ0) is 24.0. The van der Waals surface area contributed by atoms with E-state index in [1.54, 1.807) is 10.9 Å². The summed E-state index contributed by atoms with van der Waals surface area (Å²) in [6.45, 7) is 1.05. The summed E-state index contributed by atoms with van der Waals surface area (Å²) in [6, 6.07) is 4.68. The third kappa shape index (κ3) is 4.05. The highest BCUT2D eigenvalue weighted by Gasteiger charge is 2.42. The van der Waals surface area contributed by atoms with Crippen LogP contribution in [0.4, 0.5) is 24.7 Å². The number of nitrogens with one attached hydrogen (secondary N) is 1. The predicted molar refractivity (Wildman–Crippen MR) is 117 cm³/mol. The molecule has 1 aliphatic carbocycles. The van der Waals surface area contributed by atoms with Crippen molar-refractivity contribution in [2.75, 3.05) is 29.9 Å². The van der Waals surface area contributed by atoms with E-state index >= 15 is 0 Å². The summed E-state index contributed by atoms with van der Waals surface area (Å²) in [5, 5.41) is 33.4. The number of hydrogen-bond acceptors (Lipinski definition) is 8. The first kappa shape index (κ1) is 22.8. The number of alkyl halides is 3. The largest absolute Gasteiger partial charge is 0.416 e. The molecule has 34 heavy (non-hydrogen) atoms. The molecule has 1 aliphatic heterocycles. The Morgan fingerprint density at radius 3 is 2.50 bits per heavy atom. The second-order valence-corrected chi connectivity index (χ2v) is 8.89. The summed E-state index contributed by atoms with van der Waals surface area (Å²) in [7, 11) is 0. The molecule has 3 heterocycles. The number of aliphatic hydroxyl groups is 3. The Bertz CT molecular complexity index is 1150. The number of rotatable bonds is 5. The SMILES string of the molecule is OC[C@H]1C[C@@H](n2cnc3c(N[C@H]4CCN(c5ccc(C(F)(F)F)cc5)C4)ncnc32)[C@H](O)[C@@H]1O. The lowest BCUT2D eigenvalue weighted by Crippen LogP contribution is -2.30. The Morgan fingerprint density at radius 2 is 1.82 bits per heavy atom. The second-order valence-electron chi connectivity index (χ2n) is 8.89. The zero-order valence-corrected chi connectivity index (χ0v) is 18.1. The molecule has 0 bridgehead atoms. The lowest BCUT2D eigenvalue weighted by molar-refractivity contribution is -0.137. The predicted octanol–water partition coefficient (Wildman–Crippen LogP) is 1.81. The highest BCUT2D eigenvalue weighted by Crippen LogP contribution is 2.37. The van der Waals surface area contributed by atoms with E-state index in [-0.39, 0.29) is 12.6 Å². The quantitative estimate of drug-likeness (QED) is 0.439. The Balaban J connectivity index is 1.31. The molecule has 5 rings (SSSR count). The van der Waals surface area contributed by atoms with E-state index < -0.39 is 35.9 Å². The van der Waals surface area contributed by atoms with Crippen LogP contribution in [-0.2, 0) is 6.18 Å². The molecular formula is C22H25F3N6O3. The maximum Gasteiger partial charge on any atom is 0.416 e. The van der Waals surface area contributed by atoms with Crippen LogP contribution in [0.2, 0.25) is 0 Å². The van der Waals surface area contributed by atoms with Gasteiger partial charge in [0.05, 0.1) is 24.0 Å². The van der Waals surface area contributed by atoms with Gasteiger partial charge >= 0.3 is 6.18 Å². The van der Waals surface area contributed by atoms with Gasteiger partial charge in [0.2, 0.25) is 0 Å². The number of benzene rings is 1. The molecule has 1 aromatic carbocycles. The van der Waals surface area contributed by atoms with Gasteiger partial charge in [-0.05, 0) is 37.1 Å². The van der Waals surface area contributed by atoms with E-state index in [0.717, 1.165) is 24.2 Å². The third-order valence-corrected chi connectivity index (χ3v) is 6.81. The maximum absolute atomic E-state index is 12.8. The van der Waals surface area contributed by atoms with Crippen LogP contribution >= 0.6 is 0 Å². The van der Waals surface area contributed by atoms with Crippen LogP contribution < -0.4 is 10.2 Å². The number of halogens is 3. The first-order valence-corrected chi connectivity index (χ1v) is 11.1. The number of aliphatic hydroxyl groups excluding tert-OH is 3. The molecule has 3 aromatic rings. The molecule has 2 fully saturated rings. The fourth-order valence-corrected chi connectivity index (χ4v) is 4.92. The van der Waals surface area contributed by atoms with E-state index in [9.17, 15) is 28.5 Å². The summed E-state index contributed by atoms with van der Waals surface area (Å²) in [5.74, 6) is 0.0984.